The fraction of sp³-hybridized carbons (Fsp3) is 0.214. The van der Waals surface area contributed by atoms with Crippen LogP contribution < -0.4 is 5.73 Å². The summed E-state index contributed by atoms with van der Waals surface area (Å²) in [5, 5.41) is 8.47. The van der Waals surface area contributed by atoms with Crippen LogP contribution in [0.1, 0.15) is 17.1 Å². The molecule has 0 bridgehead atoms. The number of nitrogen functional groups attached to an aromatic ring is 1. The summed E-state index contributed by atoms with van der Waals surface area (Å²) >= 11 is 0. The first-order valence-electron chi connectivity index (χ1n) is 6.13. The lowest BCUT2D eigenvalue weighted by atomic mass is 10.1. The fourth-order valence-corrected chi connectivity index (χ4v) is 2.28. The molecule has 0 aliphatic carbocycles. The second kappa shape index (κ2) is 4.05. The van der Waals surface area contributed by atoms with Gasteiger partial charge in [-0.2, -0.15) is 0 Å². The maximum atomic E-state index is 6.14. The van der Waals surface area contributed by atoms with E-state index in [-0.39, 0.29) is 0 Å². The molecule has 96 valence electrons. The number of nitrogens with two attached hydrogens (primary N) is 1. The molecular formula is C14H15N5. The van der Waals surface area contributed by atoms with E-state index < -0.39 is 0 Å². The molecule has 19 heavy (non-hydrogen) atoms. The Labute approximate surface area is 111 Å². The number of aromatic nitrogens is 4. The Morgan fingerprint density at radius 1 is 1.11 bits per heavy atom. The zero-order valence-electron chi connectivity index (χ0n) is 11.2. The van der Waals surface area contributed by atoms with E-state index in [0.29, 0.717) is 0 Å². The number of hydrogen-bond acceptors (Lipinski definition) is 4. The van der Waals surface area contributed by atoms with Crippen molar-refractivity contribution in [3.63, 3.8) is 0 Å². The van der Waals surface area contributed by atoms with E-state index in [0.717, 1.165) is 39.8 Å². The minimum Gasteiger partial charge on any atom is -0.398 e. The summed E-state index contributed by atoms with van der Waals surface area (Å²) in [6.07, 6.45) is 0. The van der Waals surface area contributed by atoms with Crippen LogP contribution in [0.3, 0.4) is 0 Å². The Bertz CT molecular complexity index is 773. The van der Waals surface area contributed by atoms with Crippen LogP contribution in [0.2, 0.25) is 0 Å². The number of fused-ring (bicyclic) bond motifs is 1. The lowest BCUT2D eigenvalue weighted by Gasteiger charge is -2.08. The van der Waals surface area contributed by atoms with Crippen molar-refractivity contribution in [3.8, 4) is 11.4 Å². The number of para-hydroxylation sites is 1. The molecule has 0 saturated heterocycles. The molecule has 0 spiro atoms. The topological polar surface area (TPSA) is 69.1 Å². The van der Waals surface area contributed by atoms with Crippen LogP contribution >= 0.6 is 0 Å². The van der Waals surface area contributed by atoms with Crippen molar-refractivity contribution in [1.82, 2.24) is 19.6 Å². The first kappa shape index (κ1) is 11.6. The van der Waals surface area contributed by atoms with Crippen LogP contribution in [0, 0.1) is 20.8 Å². The molecule has 3 rings (SSSR count). The molecule has 0 amide bonds. The van der Waals surface area contributed by atoms with Gasteiger partial charge >= 0.3 is 0 Å². The van der Waals surface area contributed by atoms with E-state index in [1.807, 2.05) is 49.4 Å². The van der Waals surface area contributed by atoms with Gasteiger partial charge in [-0.15, -0.1) is 10.2 Å². The monoisotopic (exact) mass is 253 g/mol. The molecule has 5 nitrogen and oxygen atoms in total. The SMILES string of the molecule is Cc1cc2nnc(-c3cccc(C)c3N)n2c(C)n1. The van der Waals surface area contributed by atoms with Crippen LogP contribution in [0.15, 0.2) is 24.3 Å². The molecule has 2 N–H and O–H groups in total. The third-order valence-electron chi connectivity index (χ3n) is 3.25. The number of benzene rings is 1. The van der Waals surface area contributed by atoms with Crippen molar-refractivity contribution in [2.24, 2.45) is 0 Å². The van der Waals surface area contributed by atoms with Crippen molar-refractivity contribution in [3.05, 3.63) is 41.3 Å². The molecule has 2 aromatic heterocycles. The molecule has 0 aliphatic rings. The Morgan fingerprint density at radius 2 is 1.89 bits per heavy atom. The average Bonchev–Trinajstić information content (AvgIpc) is 2.76. The molecule has 0 atom stereocenters. The van der Waals surface area contributed by atoms with Crippen LogP contribution in [-0.2, 0) is 0 Å². The lowest BCUT2D eigenvalue weighted by Crippen LogP contribution is -2.01. The first-order chi connectivity index (χ1) is 9.08. The second-order valence-corrected chi connectivity index (χ2v) is 4.70. The fourth-order valence-electron chi connectivity index (χ4n) is 2.28. The molecule has 0 fully saturated rings. The van der Waals surface area contributed by atoms with E-state index in [4.69, 9.17) is 5.73 Å². The molecule has 5 heteroatoms. The van der Waals surface area contributed by atoms with Gasteiger partial charge in [-0.3, -0.25) is 4.40 Å². The quantitative estimate of drug-likeness (QED) is 0.676. The first-order valence-corrected chi connectivity index (χ1v) is 6.13. The minimum absolute atomic E-state index is 0.733. The summed E-state index contributed by atoms with van der Waals surface area (Å²) in [4.78, 5) is 4.45. The van der Waals surface area contributed by atoms with Crippen LogP contribution in [0.4, 0.5) is 5.69 Å². The summed E-state index contributed by atoms with van der Waals surface area (Å²) in [6, 6.07) is 7.82. The maximum absolute atomic E-state index is 6.14. The molecule has 0 saturated carbocycles. The highest BCUT2D eigenvalue weighted by Gasteiger charge is 2.14. The summed E-state index contributed by atoms with van der Waals surface area (Å²) in [6.45, 7) is 5.87. The third-order valence-corrected chi connectivity index (χ3v) is 3.25. The highest BCUT2D eigenvalue weighted by molar-refractivity contribution is 5.75. The number of rotatable bonds is 1. The number of hydrogen-bond donors (Lipinski definition) is 1. The summed E-state index contributed by atoms with van der Waals surface area (Å²) < 4.78 is 1.93. The van der Waals surface area contributed by atoms with Crippen molar-refractivity contribution in [2.45, 2.75) is 20.8 Å². The van der Waals surface area contributed by atoms with Gasteiger partial charge in [0.15, 0.2) is 11.5 Å². The Kier molecular flexibility index (Phi) is 2.48. The van der Waals surface area contributed by atoms with Gasteiger partial charge in [-0.25, -0.2) is 4.98 Å². The van der Waals surface area contributed by atoms with Gasteiger partial charge in [-0.05, 0) is 32.4 Å². The maximum Gasteiger partial charge on any atom is 0.171 e. The Hall–Kier alpha value is -2.43. The number of anilines is 1. The zero-order chi connectivity index (χ0) is 13.6. The van der Waals surface area contributed by atoms with Crippen molar-refractivity contribution in [1.29, 1.82) is 0 Å². The van der Waals surface area contributed by atoms with Crippen LogP contribution in [0.25, 0.3) is 17.0 Å². The van der Waals surface area contributed by atoms with Gasteiger partial charge in [0.05, 0.1) is 0 Å². The molecule has 1 aromatic carbocycles. The van der Waals surface area contributed by atoms with Gasteiger partial charge in [0.2, 0.25) is 0 Å². The number of nitrogens with zero attached hydrogens (tertiary/aromatic N) is 4. The van der Waals surface area contributed by atoms with Gasteiger partial charge in [-0.1, -0.05) is 12.1 Å². The van der Waals surface area contributed by atoms with Crippen LogP contribution in [0.5, 0.6) is 0 Å². The third kappa shape index (κ3) is 1.74. The second-order valence-electron chi connectivity index (χ2n) is 4.70. The molecular weight excluding hydrogens is 238 g/mol. The van der Waals surface area contributed by atoms with E-state index in [1.54, 1.807) is 0 Å². The molecule has 0 radical (unpaired) electrons. The predicted octanol–water partition coefficient (Wildman–Crippen LogP) is 2.30. The zero-order valence-corrected chi connectivity index (χ0v) is 11.2. The highest BCUT2D eigenvalue weighted by Crippen LogP contribution is 2.27. The molecule has 3 aromatic rings. The summed E-state index contributed by atoms with van der Waals surface area (Å²) in [7, 11) is 0. The normalized spacial score (nSPS) is 11.1. The lowest BCUT2D eigenvalue weighted by molar-refractivity contribution is 0.962. The molecule has 0 aliphatic heterocycles. The van der Waals surface area contributed by atoms with E-state index >= 15 is 0 Å². The van der Waals surface area contributed by atoms with Crippen molar-refractivity contribution >= 4 is 11.3 Å². The molecule has 2 heterocycles. The van der Waals surface area contributed by atoms with Crippen molar-refractivity contribution < 1.29 is 0 Å². The average molecular weight is 253 g/mol. The summed E-state index contributed by atoms with van der Waals surface area (Å²) in [5.74, 6) is 1.59. The van der Waals surface area contributed by atoms with Crippen molar-refractivity contribution in [2.75, 3.05) is 5.73 Å². The van der Waals surface area contributed by atoms with E-state index in [2.05, 4.69) is 15.2 Å². The standard InChI is InChI=1S/C14H15N5/c1-8-5-4-6-11(13(8)15)14-18-17-12-7-9(2)16-10(3)19(12)14/h4-7H,15H2,1-3H3. The number of aryl methyl sites for hydroxylation is 3. The summed E-state index contributed by atoms with van der Waals surface area (Å²) in [5.41, 5.74) is 10.5. The van der Waals surface area contributed by atoms with Crippen LogP contribution in [-0.4, -0.2) is 19.6 Å². The van der Waals surface area contributed by atoms with E-state index in [9.17, 15) is 0 Å². The van der Waals surface area contributed by atoms with Gasteiger partial charge in [0, 0.05) is 23.0 Å². The highest BCUT2D eigenvalue weighted by atomic mass is 15.3. The van der Waals surface area contributed by atoms with Gasteiger partial charge in [0.1, 0.15) is 5.82 Å². The van der Waals surface area contributed by atoms with E-state index in [1.165, 1.54) is 0 Å². The smallest absolute Gasteiger partial charge is 0.171 e. The Morgan fingerprint density at radius 3 is 2.68 bits per heavy atom. The predicted molar refractivity (Wildman–Crippen MR) is 74.8 cm³/mol. The van der Waals surface area contributed by atoms with Gasteiger partial charge in [0.25, 0.3) is 0 Å². The van der Waals surface area contributed by atoms with Gasteiger partial charge < -0.3 is 5.73 Å². The Balaban J connectivity index is 2.35. The largest absolute Gasteiger partial charge is 0.398 e. The minimum atomic E-state index is 0.733. The molecule has 0 unspecified atom stereocenters.